The molecule has 0 N–H and O–H groups in total. The first-order valence-electron chi connectivity index (χ1n) is 3.74. The lowest BCUT2D eigenvalue weighted by molar-refractivity contribution is -0.131. The van der Waals surface area contributed by atoms with E-state index >= 15 is 0 Å². The monoisotopic (exact) mass is 177 g/mol. The fourth-order valence-corrected chi connectivity index (χ4v) is 1.47. The fraction of sp³-hybridized carbons (Fsp3) is 0.875. The van der Waals surface area contributed by atoms with Crippen molar-refractivity contribution in [3.8, 4) is 0 Å². The van der Waals surface area contributed by atoms with Crippen LogP contribution < -0.4 is 0 Å². The second-order valence-electron chi connectivity index (χ2n) is 3.79. The van der Waals surface area contributed by atoms with E-state index in [1.165, 1.54) is 0 Å². The third-order valence-electron chi connectivity index (χ3n) is 2.14. The highest BCUT2D eigenvalue weighted by atomic mass is 35.5. The Labute approximate surface area is 74.4 Å². The maximum absolute atomic E-state index is 11.2. The second-order valence-corrected chi connectivity index (χ2v) is 3.79. The lowest BCUT2D eigenvalue weighted by Gasteiger charge is -2.34. The minimum absolute atomic E-state index is 0. The lowest BCUT2D eigenvalue weighted by Crippen LogP contribution is -2.44. The van der Waals surface area contributed by atoms with Gasteiger partial charge < -0.3 is 4.90 Å². The van der Waals surface area contributed by atoms with Crippen LogP contribution >= 0.6 is 12.4 Å². The summed E-state index contributed by atoms with van der Waals surface area (Å²) in [5.74, 6) is 0.408. The van der Waals surface area contributed by atoms with Gasteiger partial charge in [-0.2, -0.15) is 0 Å². The Morgan fingerprint density at radius 3 is 2.36 bits per heavy atom. The Balaban J connectivity index is 0.000001000. The Morgan fingerprint density at radius 2 is 2.00 bits per heavy atom. The quantitative estimate of drug-likeness (QED) is 0.557. The molecule has 0 amide bonds. The normalized spacial score (nSPS) is 24.5. The van der Waals surface area contributed by atoms with Crippen molar-refractivity contribution in [2.75, 3.05) is 20.1 Å². The molecule has 0 aliphatic carbocycles. The van der Waals surface area contributed by atoms with Crippen molar-refractivity contribution in [3.63, 3.8) is 0 Å². The molecule has 1 aliphatic heterocycles. The summed E-state index contributed by atoms with van der Waals surface area (Å²) in [6, 6.07) is 0. The van der Waals surface area contributed by atoms with Crippen LogP contribution in [0.4, 0.5) is 0 Å². The molecule has 1 fully saturated rings. The van der Waals surface area contributed by atoms with Gasteiger partial charge in [-0.05, 0) is 7.05 Å². The van der Waals surface area contributed by atoms with E-state index < -0.39 is 0 Å². The average molecular weight is 178 g/mol. The number of hydrogen-bond donors (Lipinski definition) is 0. The van der Waals surface area contributed by atoms with Gasteiger partial charge in [0.2, 0.25) is 0 Å². The van der Waals surface area contributed by atoms with Crippen LogP contribution in [0.15, 0.2) is 0 Å². The number of hydrogen-bond acceptors (Lipinski definition) is 2. The van der Waals surface area contributed by atoms with Gasteiger partial charge in [0.1, 0.15) is 5.78 Å². The first kappa shape index (κ1) is 10.9. The van der Waals surface area contributed by atoms with Gasteiger partial charge in [-0.3, -0.25) is 4.79 Å². The highest BCUT2D eigenvalue weighted by Gasteiger charge is 2.32. The molecule has 1 saturated heterocycles. The van der Waals surface area contributed by atoms with Gasteiger partial charge in [0, 0.05) is 24.9 Å². The Bertz CT molecular complexity index is 156. The third kappa shape index (κ3) is 2.46. The predicted octanol–water partition coefficient (Wildman–Crippen LogP) is 1.34. The van der Waals surface area contributed by atoms with Gasteiger partial charge in [-0.15, -0.1) is 12.4 Å². The zero-order valence-electron chi connectivity index (χ0n) is 7.39. The maximum Gasteiger partial charge on any atom is 0.141 e. The van der Waals surface area contributed by atoms with Crippen LogP contribution in [0.1, 0.15) is 20.3 Å². The molecule has 0 spiro atoms. The van der Waals surface area contributed by atoms with E-state index in [1.54, 1.807) is 0 Å². The zero-order valence-corrected chi connectivity index (χ0v) is 8.20. The van der Waals surface area contributed by atoms with Gasteiger partial charge in [0.15, 0.2) is 0 Å². The number of rotatable bonds is 0. The second kappa shape index (κ2) is 3.55. The van der Waals surface area contributed by atoms with Gasteiger partial charge in [-0.1, -0.05) is 13.8 Å². The molecule has 3 heteroatoms. The van der Waals surface area contributed by atoms with E-state index in [9.17, 15) is 4.79 Å². The molecular weight excluding hydrogens is 162 g/mol. The molecule has 11 heavy (non-hydrogen) atoms. The van der Waals surface area contributed by atoms with Gasteiger partial charge in [0.05, 0.1) is 0 Å². The maximum atomic E-state index is 11.2. The van der Waals surface area contributed by atoms with Crippen molar-refractivity contribution in [1.29, 1.82) is 0 Å². The number of carbonyl (C=O) groups is 1. The molecule has 0 aromatic carbocycles. The minimum atomic E-state index is -0.104. The fourth-order valence-electron chi connectivity index (χ4n) is 1.47. The van der Waals surface area contributed by atoms with Crippen molar-refractivity contribution in [2.24, 2.45) is 5.41 Å². The zero-order chi connectivity index (χ0) is 7.78. The van der Waals surface area contributed by atoms with E-state index in [0.29, 0.717) is 5.78 Å². The summed E-state index contributed by atoms with van der Waals surface area (Å²) in [7, 11) is 2.06. The molecule has 0 aromatic heterocycles. The van der Waals surface area contributed by atoms with Crippen LogP contribution in [-0.2, 0) is 4.79 Å². The molecule has 0 saturated carbocycles. The number of carbonyl (C=O) groups excluding carboxylic acids is 1. The van der Waals surface area contributed by atoms with Gasteiger partial charge in [0.25, 0.3) is 0 Å². The molecule has 0 aromatic rings. The smallest absolute Gasteiger partial charge is 0.141 e. The number of piperidine rings is 1. The van der Waals surface area contributed by atoms with Crippen LogP contribution in [0, 0.1) is 5.41 Å². The largest absolute Gasteiger partial charge is 0.305 e. The van der Waals surface area contributed by atoms with Crippen LogP contribution in [0.3, 0.4) is 0 Å². The molecule has 0 bridgehead atoms. The predicted molar refractivity (Wildman–Crippen MR) is 48.2 cm³/mol. The standard InChI is InChI=1S/C8H15NO.ClH/c1-8(2)6-9(3)5-4-7(8)10;/h4-6H2,1-3H3;1H. The van der Waals surface area contributed by atoms with Crippen LogP contribution in [0.25, 0.3) is 0 Å². The molecule has 0 atom stereocenters. The van der Waals surface area contributed by atoms with Crippen LogP contribution in [0.5, 0.6) is 0 Å². The molecule has 66 valence electrons. The van der Waals surface area contributed by atoms with Crippen molar-refractivity contribution in [1.82, 2.24) is 4.90 Å². The topological polar surface area (TPSA) is 20.3 Å². The highest BCUT2D eigenvalue weighted by Crippen LogP contribution is 2.23. The van der Waals surface area contributed by atoms with E-state index in [-0.39, 0.29) is 17.8 Å². The van der Waals surface area contributed by atoms with Crippen LogP contribution in [-0.4, -0.2) is 30.8 Å². The van der Waals surface area contributed by atoms with Gasteiger partial charge >= 0.3 is 0 Å². The molecule has 1 rings (SSSR count). The third-order valence-corrected chi connectivity index (χ3v) is 2.14. The van der Waals surface area contributed by atoms with Crippen molar-refractivity contribution < 1.29 is 4.79 Å². The van der Waals surface area contributed by atoms with Crippen LogP contribution in [0.2, 0.25) is 0 Å². The molecule has 1 aliphatic rings. The van der Waals surface area contributed by atoms with Crippen molar-refractivity contribution in [2.45, 2.75) is 20.3 Å². The Hall–Kier alpha value is -0.0800. The number of halogens is 1. The molecule has 2 nitrogen and oxygen atoms in total. The lowest BCUT2D eigenvalue weighted by atomic mass is 9.83. The van der Waals surface area contributed by atoms with Gasteiger partial charge in [-0.25, -0.2) is 0 Å². The van der Waals surface area contributed by atoms with E-state index in [4.69, 9.17) is 0 Å². The number of ketones is 1. The number of nitrogens with zero attached hydrogens (tertiary/aromatic N) is 1. The summed E-state index contributed by atoms with van der Waals surface area (Å²) < 4.78 is 0. The SMILES string of the molecule is CN1CCC(=O)C(C)(C)C1.Cl. The van der Waals surface area contributed by atoms with E-state index in [1.807, 2.05) is 13.8 Å². The molecule has 0 radical (unpaired) electrons. The van der Waals surface area contributed by atoms with Crippen molar-refractivity contribution in [3.05, 3.63) is 0 Å². The summed E-state index contributed by atoms with van der Waals surface area (Å²) in [5, 5.41) is 0. The first-order chi connectivity index (χ1) is 4.52. The van der Waals surface area contributed by atoms with Crippen molar-refractivity contribution >= 4 is 18.2 Å². The summed E-state index contributed by atoms with van der Waals surface area (Å²) in [5.41, 5.74) is -0.104. The Kier molecular flexibility index (Phi) is 3.52. The van der Waals surface area contributed by atoms with E-state index in [2.05, 4.69) is 11.9 Å². The first-order valence-corrected chi connectivity index (χ1v) is 3.74. The molecule has 0 unspecified atom stereocenters. The summed E-state index contributed by atoms with van der Waals surface area (Å²) in [6.07, 6.45) is 0.726. The minimum Gasteiger partial charge on any atom is -0.305 e. The summed E-state index contributed by atoms with van der Waals surface area (Å²) in [4.78, 5) is 13.4. The molecule has 1 heterocycles. The average Bonchev–Trinajstić information content (AvgIpc) is 1.78. The summed E-state index contributed by atoms with van der Waals surface area (Å²) >= 11 is 0. The number of Topliss-reactive ketones (excluding diaryl/α,β-unsaturated/α-hetero) is 1. The van der Waals surface area contributed by atoms with E-state index in [0.717, 1.165) is 19.5 Å². The Morgan fingerprint density at radius 1 is 1.45 bits per heavy atom. The summed E-state index contributed by atoms with van der Waals surface area (Å²) in [6.45, 7) is 5.88. The highest BCUT2D eigenvalue weighted by molar-refractivity contribution is 5.85. The molecular formula is C8H16ClNO. The number of likely N-dealkylation sites (tertiary alicyclic amines) is 1.